The van der Waals surface area contributed by atoms with Gasteiger partial charge in [-0.3, -0.25) is 9.78 Å². The number of carbonyl (C=O) groups excluding carboxylic acids is 1. The number of nitrogens with two attached hydrogens (primary N) is 1. The molecule has 0 unspecified atom stereocenters. The van der Waals surface area contributed by atoms with Crippen LogP contribution in [0.2, 0.25) is 0 Å². The molecular weight excluding hydrogens is 382 g/mol. The Labute approximate surface area is 172 Å². The highest BCUT2D eigenvalue weighted by Gasteiger charge is 2.19. The van der Waals surface area contributed by atoms with Crippen LogP contribution in [0.3, 0.4) is 0 Å². The van der Waals surface area contributed by atoms with Crippen molar-refractivity contribution in [1.29, 1.82) is 0 Å². The third kappa shape index (κ3) is 3.69. The van der Waals surface area contributed by atoms with Crippen molar-refractivity contribution >= 4 is 33.1 Å². The number of aryl methyl sites for hydroxylation is 3. The summed E-state index contributed by atoms with van der Waals surface area (Å²) < 4.78 is 0. The molecule has 0 saturated carbocycles. The van der Waals surface area contributed by atoms with Crippen LogP contribution in [0.25, 0.3) is 21.3 Å². The molecule has 1 amide bonds. The molecule has 0 radical (unpaired) electrons. The van der Waals surface area contributed by atoms with Crippen molar-refractivity contribution in [1.82, 2.24) is 20.5 Å². The fourth-order valence-electron chi connectivity index (χ4n) is 3.13. The Morgan fingerprint density at radius 1 is 1.03 bits per heavy atom. The first-order valence-electron chi connectivity index (χ1n) is 9.26. The smallest absolute Gasteiger partial charge is 0.263 e. The Kier molecular flexibility index (Phi) is 4.98. The van der Waals surface area contributed by atoms with Crippen LogP contribution in [0.5, 0.6) is 0 Å². The summed E-state index contributed by atoms with van der Waals surface area (Å²) in [5, 5.41) is 12.1. The van der Waals surface area contributed by atoms with Gasteiger partial charge in [0.1, 0.15) is 9.71 Å². The number of nitrogens with one attached hydrogen (secondary N) is 1. The average Bonchev–Trinajstić information content (AvgIpc) is 3.07. The van der Waals surface area contributed by atoms with E-state index in [0.717, 1.165) is 39.0 Å². The molecular formula is C22H21N5OS. The quantitative estimate of drug-likeness (QED) is 0.533. The molecule has 7 heteroatoms. The van der Waals surface area contributed by atoms with Gasteiger partial charge in [0.25, 0.3) is 5.91 Å². The Hall–Kier alpha value is -3.32. The number of rotatable bonds is 4. The number of fused-ring (bicyclic) bond motifs is 1. The molecule has 0 atom stereocenters. The zero-order valence-electron chi connectivity index (χ0n) is 16.5. The maximum atomic E-state index is 12.7. The van der Waals surface area contributed by atoms with E-state index in [1.807, 2.05) is 57.3 Å². The number of pyridine rings is 1. The number of hydrogen-bond donors (Lipinski definition) is 2. The van der Waals surface area contributed by atoms with Gasteiger partial charge < -0.3 is 11.1 Å². The molecule has 3 heterocycles. The Morgan fingerprint density at radius 2 is 1.76 bits per heavy atom. The van der Waals surface area contributed by atoms with E-state index in [4.69, 9.17) is 5.73 Å². The largest absolute Gasteiger partial charge is 0.397 e. The zero-order valence-corrected chi connectivity index (χ0v) is 17.3. The molecule has 6 nitrogen and oxygen atoms in total. The van der Waals surface area contributed by atoms with Gasteiger partial charge in [0.15, 0.2) is 0 Å². The molecule has 0 bridgehead atoms. The lowest BCUT2D eigenvalue weighted by molar-refractivity contribution is 0.0956. The predicted molar refractivity (Wildman–Crippen MR) is 117 cm³/mol. The predicted octanol–water partition coefficient (Wildman–Crippen LogP) is 4.19. The number of benzene rings is 1. The molecule has 0 aliphatic carbocycles. The van der Waals surface area contributed by atoms with Crippen molar-refractivity contribution in [2.45, 2.75) is 27.3 Å². The summed E-state index contributed by atoms with van der Waals surface area (Å²) in [4.78, 5) is 18.2. The molecule has 1 aromatic carbocycles. The monoisotopic (exact) mass is 403 g/mol. The maximum absolute atomic E-state index is 12.7. The van der Waals surface area contributed by atoms with E-state index in [2.05, 4.69) is 26.6 Å². The average molecular weight is 404 g/mol. The minimum Gasteiger partial charge on any atom is -0.397 e. The van der Waals surface area contributed by atoms with Crippen LogP contribution in [0.4, 0.5) is 5.69 Å². The highest BCUT2D eigenvalue weighted by molar-refractivity contribution is 7.21. The van der Waals surface area contributed by atoms with E-state index in [-0.39, 0.29) is 5.91 Å². The van der Waals surface area contributed by atoms with Gasteiger partial charge in [-0.1, -0.05) is 30.3 Å². The van der Waals surface area contributed by atoms with Crippen molar-refractivity contribution in [3.05, 3.63) is 70.0 Å². The third-order valence-electron chi connectivity index (χ3n) is 4.99. The molecule has 0 saturated heterocycles. The number of amides is 1. The minimum atomic E-state index is -0.200. The van der Waals surface area contributed by atoms with Crippen LogP contribution in [0, 0.1) is 20.8 Å². The van der Waals surface area contributed by atoms with Crippen LogP contribution >= 0.6 is 11.3 Å². The number of hydrogen-bond acceptors (Lipinski definition) is 6. The summed E-state index contributed by atoms with van der Waals surface area (Å²) in [6.45, 7) is 6.22. The van der Waals surface area contributed by atoms with E-state index < -0.39 is 0 Å². The number of aromatic nitrogens is 3. The summed E-state index contributed by atoms with van der Waals surface area (Å²) in [7, 11) is 0. The second-order valence-corrected chi connectivity index (χ2v) is 8.00. The van der Waals surface area contributed by atoms with Crippen molar-refractivity contribution in [3.8, 4) is 11.1 Å². The van der Waals surface area contributed by atoms with Gasteiger partial charge in [0, 0.05) is 29.4 Å². The van der Waals surface area contributed by atoms with Gasteiger partial charge in [-0.2, -0.15) is 5.10 Å². The standard InChI is InChI=1S/C22H21N5OS/c1-12-4-7-17(11-24-12)16-8-5-15(6-9-16)10-25-21(28)20-19(23)18-13(2)14(3)26-27-22(18)29-20/h4-9,11H,10,23H2,1-3H3,(H,25,28). The summed E-state index contributed by atoms with van der Waals surface area (Å²) in [6.07, 6.45) is 1.86. The first kappa shape index (κ1) is 19.0. The maximum Gasteiger partial charge on any atom is 0.263 e. The second-order valence-electron chi connectivity index (χ2n) is 7.00. The number of nitrogens with zero attached hydrogens (tertiary/aromatic N) is 3. The van der Waals surface area contributed by atoms with E-state index in [1.54, 1.807) is 0 Å². The number of nitrogen functional groups attached to an aromatic ring is 1. The topological polar surface area (TPSA) is 93.8 Å². The Morgan fingerprint density at radius 3 is 2.45 bits per heavy atom. The Balaban J connectivity index is 1.48. The molecule has 0 aliphatic rings. The van der Waals surface area contributed by atoms with E-state index in [9.17, 15) is 4.79 Å². The van der Waals surface area contributed by atoms with Crippen LogP contribution in [-0.2, 0) is 6.54 Å². The SMILES string of the molecule is Cc1ccc(-c2ccc(CNC(=O)c3sc4nnc(C)c(C)c4c3N)cc2)cn1. The Bertz CT molecular complexity index is 1200. The lowest BCUT2D eigenvalue weighted by atomic mass is 10.1. The van der Waals surface area contributed by atoms with Crippen LogP contribution in [-0.4, -0.2) is 21.1 Å². The molecule has 3 aromatic heterocycles. The van der Waals surface area contributed by atoms with Gasteiger partial charge in [-0.25, -0.2) is 0 Å². The van der Waals surface area contributed by atoms with Crippen LogP contribution in [0.15, 0.2) is 42.6 Å². The molecule has 0 fully saturated rings. The van der Waals surface area contributed by atoms with Gasteiger partial charge in [-0.15, -0.1) is 16.4 Å². The molecule has 0 aliphatic heterocycles. The third-order valence-corrected chi connectivity index (χ3v) is 6.08. The number of thiophene rings is 1. The molecule has 4 aromatic rings. The highest BCUT2D eigenvalue weighted by atomic mass is 32.1. The fraction of sp³-hybridized carbons (Fsp3) is 0.182. The second kappa shape index (κ2) is 7.60. The fourth-order valence-corrected chi connectivity index (χ4v) is 4.14. The summed E-state index contributed by atoms with van der Waals surface area (Å²) in [6, 6.07) is 12.1. The van der Waals surface area contributed by atoms with Crippen molar-refractivity contribution in [2.24, 2.45) is 0 Å². The molecule has 0 spiro atoms. The molecule has 146 valence electrons. The molecule has 29 heavy (non-hydrogen) atoms. The van der Waals surface area contributed by atoms with E-state index >= 15 is 0 Å². The molecule has 3 N–H and O–H groups in total. The van der Waals surface area contributed by atoms with Crippen molar-refractivity contribution in [2.75, 3.05) is 5.73 Å². The lowest BCUT2D eigenvalue weighted by Crippen LogP contribution is -2.22. The summed E-state index contributed by atoms with van der Waals surface area (Å²) in [5.74, 6) is -0.200. The number of anilines is 1. The summed E-state index contributed by atoms with van der Waals surface area (Å²) in [5.41, 5.74) is 12.7. The zero-order chi connectivity index (χ0) is 20.5. The normalized spacial score (nSPS) is 11.0. The minimum absolute atomic E-state index is 0.200. The van der Waals surface area contributed by atoms with Gasteiger partial charge >= 0.3 is 0 Å². The first-order valence-corrected chi connectivity index (χ1v) is 10.1. The lowest BCUT2D eigenvalue weighted by Gasteiger charge is -2.07. The van der Waals surface area contributed by atoms with Gasteiger partial charge in [0.2, 0.25) is 0 Å². The highest BCUT2D eigenvalue weighted by Crippen LogP contribution is 2.34. The van der Waals surface area contributed by atoms with E-state index in [0.29, 0.717) is 21.9 Å². The molecule has 4 rings (SSSR count). The van der Waals surface area contributed by atoms with Crippen molar-refractivity contribution < 1.29 is 4.79 Å². The van der Waals surface area contributed by atoms with Crippen molar-refractivity contribution in [3.63, 3.8) is 0 Å². The van der Waals surface area contributed by atoms with Gasteiger partial charge in [0.05, 0.1) is 11.4 Å². The van der Waals surface area contributed by atoms with Gasteiger partial charge in [-0.05, 0) is 43.5 Å². The van der Waals surface area contributed by atoms with E-state index in [1.165, 1.54) is 11.3 Å². The van der Waals surface area contributed by atoms with Crippen LogP contribution in [0.1, 0.15) is 32.2 Å². The first-order chi connectivity index (χ1) is 13.9. The number of carbonyl (C=O) groups is 1. The summed E-state index contributed by atoms with van der Waals surface area (Å²) >= 11 is 1.27. The van der Waals surface area contributed by atoms with Crippen LogP contribution < -0.4 is 11.1 Å².